The Morgan fingerprint density at radius 3 is 2.71 bits per heavy atom. The molecule has 1 fully saturated rings. The van der Waals surface area contributed by atoms with E-state index in [1.54, 1.807) is 0 Å². The standard InChI is InChI=1S/C9H19NO3S/c1-8-9(11)4-3-5-10(8)6-7-14(2,12)13/h8-9,11H,3-7H2,1-2H3. The average Bonchev–Trinajstić information content (AvgIpc) is 2.06. The number of aliphatic hydroxyl groups is 1. The molecule has 1 aliphatic rings. The Balaban J connectivity index is 2.44. The molecule has 1 rings (SSSR count). The Morgan fingerprint density at radius 2 is 2.14 bits per heavy atom. The van der Waals surface area contributed by atoms with Gasteiger partial charge in [-0.3, -0.25) is 4.90 Å². The second-order valence-corrected chi connectivity index (χ2v) is 6.38. The van der Waals surface area contributed by atoms with E-state index in [-0.39, 0.29) is 17.9 Å². The molecular weight excluding hydrogens is 202 g/mol. The van der Waals surface area contributed by atoms with Gasteiger partial charge in [0.15, 0.2) is 0 Å². The zero-order valence-electron chi connectivity index (χ0n) is 8.81. The van der Waals surface area contributed by atoms with Crippen molar-refractivity contribution in [2.24, 2.45) is 0 Å². The first kappa shape index (κ1) is 11.9. The molecule has 0 saturated carbocycles. The lowest BCUT2D eigenvalue weighted by atomic mass is 10.0. The smallest absolute Gasteiger partial charge is 0.148 e. The molecule has 0 aromatic carbocycles. The van der Waals surface area contributed by atoms with Crippen molar-refractivity contribution in [3.05, 3.63) is 0 Å². The van der Waals surface area contributed by atoms with E-state index in [0.717, 1.165) is 19.4 Å². The van der Waals surface area contributed by atoms with Crippen LogP contribution < -0.4 is 0 Å². The van der Waals surface area contributed by atoms with Crippen LogP contribution in [0.15, 0.2) is 0 Å². The highest BCUT2D eigenvalue weighted by atomic mass is 32.2. The highest BCUT2D eigenvalue weighted by Crippen LogP contribution is 2.16. The third kappa shape index (κ3) is 3.55. The first-order valence-corrected chi connectivity index (χ1v) is 7.06. The van der Waals surface area contributed by atoms with Gasteiger partial charge in [-0.1, -0.05) is 0 Å². The quantitative estimate of drug-likeness (QED) is 0.721. The largest absolute Gasteiger partial charge is 0.392 e. The van der Waals surface area contributed by atoms with Crippen molar-refractivity contribution in [2.45, 2.75) is 31.9 Å². The first-order valence-electron chi connectivity index (χ1n) is 5.00. The maximum atomic E-state index is 11.0. The number of nitrogens with zero attached hydrogens (tertiary/aromatic N) is 1. The third-order valence-electron chi connectivity index (χ3n) is 2.83. The van der Waals surface area contributed by atoms with Crippen LogP contribution >= 0.6 is 0 Å². The highest BCUT2D eigenvalue weighted by Gasteiger charge is 2.26. The lowest BCUT2D eigenvalue weighted by Crippen LogP contribution is -2.47. The van der Waals surface area contributed by atoms with Gasteiger partial charge >= 0.3 is 0 Å². The van der Waals surface area contributed by atoms with Crippen LogP contribution in [0.4, 0.5) is 0 Å². The van der Waals surface area contributed by atoms with Crippen LogP contribution in [0.1, 0.15) is 19.8 Å². The number of aliphatic hydroxyl groups excluding tert-OH is 1. The molecule has 5 heteroatoms. The number of likely N-dealkylation sites (tertiary alicyclic amines) is 1. The van der Waals surface area contributed by atoms with Crippen molar-refractivity contribution in [3.8, 4) is 0 Å². The van der Waals surface area contributed by atoms with Gasteiger partial charge in [-0.05, 0) is 26.3 Å². The van der Waals surface area contributed by atoms with Crippen molar-refractivity contribution in [2.75, 3.05) is 25.1 Å². The summed E-state index contributed by atoms with van der Waals surface area (Å²) in [6.07, 6.45) is 2.73. The van der Waals surface area contributed by atoms with Crippen LogP contribution in [0, 0.1) is 0 Å². The fraction of sp³-hybridized carbons (Fsp3) is 1.00. The molecule has 0 aromatic rings. The fourth-order valence-electron chi connectivity index (χ4n) is 1.79. The molecule has 1 saturated heterocycles. The van der Waals surface area contributed by atoms with Gasteiger partial charge < -0.3 is 5.11 Å². The number of sulfone groups is 1. The number of hydrogen-bond acceptors (Lipinski definition) is 4. The van der Waals surface area contributed by atoms with Crippen LogP contribution in [0.5, 0.6) is 0 Å². The summed E-state index contributed by atoms with van der Waals surface area (Å²) in [5.74, 6) is 0.185. The maximum absolute atomic E-state index is 11.0. The van der Waals surface area contributed by atoms with Gasteiger partial charge in [0.2, 0.25) is 0 Å². The lowest BCUT2D eigenvalue weighted by Gasteiger charge is -2.36. The second kappa shape index (κ2) is 4.59. The Hall–Kier alpha value is -0.130. The van der Waals surface area contributed by atoms with E-state index < -0.39 is 9.84 Å². The zero-order chi connectivity index (χ0) is 10.8. The minimum atomic E-state index is -2.89. The van der Waals surface area contributed by atoms with E-state index in [9.17, 15) is 13.5 Å². The molecule has 14 heavy (non-hydrogen) atoms. The van der Waals surface area contributed by atoms with Gasteiger partial charge in [0.25, 0.3) is 0 Å². The second-order valence-electron chi connectivity index (χ2n) is 4.12. The van der Waals surface area contributed by atoms with Crippen LogP contribution in [-0.4, -0.2) is 55.7 Å². The van der Waals surface area contributed by atoms with Gasteiger partial charge in [0, 0.05) is 18.8 Å². The number of rotatable bonds is 3. The van der Waals surface area contributed by atoms with Crippen LogP contribution in [0.2, 0.25) is 0 Å². The van der Waals surface area contributed by atoms with E-state index in [2.05, 4.69) is 4.90 Å². The van der Waals surface area contributed by atoms with Crippen LogP contribution in [-0.2, 0) is 9.84 Å². The normalized spacial score (nSPS) is 30.5. The first-order chi connectivity index (χ1) is 6.40. The molecule has 1 heterocycles. The molecular formula is C9H19NO3S. The zero-order valence-corrected chi connectivity index (χ0v) is 9.63. The predicted molar refractivity (Wildman–Crippen MR) is 56.0 cm³/mol. The molecule has 84 valence electrons. The minimum Gasteiger partial charge on any atom is -0.392 e. The van der Waals surface area contributed by atoms with Crippen LogP contribution in [0.3, 0.4) is 0 Å². The summed E-state index contributed by atoms with van der Waals surface area (Å²) >= 11 is 0. The topological polar surface area (TPSA) is 57.6 Å². The fourth-order valence-corrected chi connectivity index (χ4v) is 2.36. The van der Waals surface area contributed by atoms with Crippen molar-refractivity contribution >= 4 is 9.84 Å². The van der Waals surface area contributed by atoms with E-state index in [1.165, 1.54) is 6.26 Å². The van der Waals surface area contributed by atoms with Gasteiger partial charge in [-0.25, -0.2) is 8.42 Å². The highest BCUT2D eigenvalue weighted by molar-refractivity contribution is 7.90. The Bertz CT molecular complexity index is 276. The molecule has 0 aliphatic carbocycles. The van der Waals surface area contributed by atoms with Crippen molar-refractivity contribution in [1.82, 2.24) is 4.90 Å². The minimum absolute atomic E-state index is 0.0884. The van der Waals surface area contributed by atoms with Crippen LogP contribution in [0.25, 0.3) is 0 Å². The summed E-state index contributed by atoms with van der Waals surface area (Å²) in [7, 11) is -2.89. The Labute approximate surface area is 85.8 Å². The molecule has 1 aliphatic heterocycles. The SMILES string of the molecule is CC1C(O)CCCN1CCS(C)(=O)=O. The van der Waals surface area contributed by atoms with Crippen molar-refractivity contribution in [1.29, 1.82) is 0 Å². The molecule has 0 spiro atoms. The molecule has 0 amide bonds. The van der Waals surface area contributed by atoms with Gasteiger partial charge in [-0.2, -0.15) is 0 Å². The number of piperidine rings is 1. The molecule has 2 unspecified atom stereocenters. The van der Waals surface area contributed by atoms with Gasteiger partial charge in [-0.15, -0.1) is 0 Å². The van der Waals surface area contributed by atoms with Gasteiger partial charge in [0.1, 0.15) is 9.84 Å². The summed E-state index contributed by atoms with van der Waals surface area (Å²) in [6, 6.07) is 0.0884. The third-order valence-corrected chi connectivity index (χ3v) is 3.75. The Morgan fingerprint density at radius 1 is 1.50 bits per heavy atom. The van der Waals surface area contributed by atoms with E-state index in [4.69, 9.17) is 0 Å². The number of hydrogen-bond donors (Lipinski definition) is 1. The van der Waals surface area contributed by atoms with Crippen molar-refractivity contribution in [3.63, 3.8) is 0 Å². The monoisotopic (exact) mass is 221 g/mol. The molecule has 0 bridgehead atoms. The maximum Gasteiger partial charge on any atom is 0.148 e. The summed E-state index contributed by atoms with van der Waals surface area (Å²) in [5, 5.41) is 9.59. The average molecular weight is 221 g/mol. The summed E-state index contributed by atoms with van der Waals surface area (Å²) in [4.78, 5) is 2.05. The lowest BCUT2D eigenvalue weighted by molar-refractivity contribution is 0.0234. The summed E-state index contributed by atoms with van der Waals surface area (Å²) in [6.45, 7) is 3.39. The van der Waals surface area contributed by atoms with E-state index in [0.29, 0.717) is 6.54 Å². The Kier molecular flexibility index (Phi) is 3.92. The molecule has 0 radical (unpaired) electrons. The molecule has 4 nitrogen and oxygen atoms in total. The predicted octanol–water partition coefficient (Wildman–Crippen LogP) is -0.124. The summed E-state index contributed by atoms with van der Waals surface area (Å²) in [5.41, 5.74) is 0. The molecule has 2 atom stereocenters. The van der Waals surface area contributed by atoms with E-state index >= 15 is 0 Å². The molecule has 0 aromatic heterocycles. The summed E-state index contributed by atoms with van der Waals surface area (Å²) < 4.78 is 21.9. The van der Waals surface area contributed by atoms with Gasteiger partial charge in [0.05, 0.1) is 11.9 Å². The van der Waals surface area contributed by atoms with E-state index in [1.807, 2.05) is 6.92 Å². The van der Waals surface area contributed by atoms with Crippen molar-refractivity contribution < 1.29 is 13.5 Å². The molecule has 1 N–H and O–H groups in total.